The maximum absolute atomic E-state index is 4.02. The Morgan fingerprint density at radius 2 is 2.18 bits per heavy atom. The molecule has 1 aliphatic heterocycles. The molecule has 0 aromatic heterocycles. The molecule has 1 atom stereocenters. The Balaban J connectivity index is 2.04. The average Bonchev–Trinajstić information content (AvgIpc) is 2.55. The lowest BCUT2D eigenvalue weighted by molar-refractivity contribution is 0.290. The van der Waals surface area contributed by atoms with E-state index in [9.17, 15) is 0 Å². The van der Waals surface area contributed by atoms with E-state index in [0.717, 1.165) is 19.6 Å². The summed E-state index contributed by atoms with van der Waals surface area (Å²) in [7, 11) is 0. The highest BCUT2D eigenvalue weighted by molar-refractivity contribution is 5.19. The Kier molecular flexibility index (Phi) is 4.35. The summed E-state index contributed by atoms with van der Waals surface area (Å²) < 4.78 is 0. The maximum Gasteiger partial charge on any atom is 0.0449 e. The fourth-order valence-electron chi connectivity index (χ4n) is 2.43. The molecule has 1 fully saturated rings. The van der Waals surface area contributed by atoms with Gasteiger partial charge in [0.25, 0.3) is 0 Å². The van der Waals surface area contributed by atoms with Crippen LogP contribution in [0.3, 0.4) is 0 Å². The standard InChI is InChI=1S/C15H22N2/c1-13(2)11-17-10-6-9-16-15(12-17)14-7-4-3-5-8-14/h3-5,7-8,15-16H,1,6,9-12H2,2H3. The van der Waals surface area contributed by atoms with Crippen LogP contribution >= 0.6 is 0 Å². The molecule has 1 aromatic carbocycles. The predicted octanol–water partition coefficient (Wildman–Crippen LogP) is 2.60. The van der Waals surface area contributed by atoms with E-state index in [0.29, 0.717) is 6.04 Å². The summed E-state index contributed by atoms with van der Waals surface area (Å²) in [5, 5.41) is 3.63. The number of rotatable bonds is 3. The van der Waals surface area contributed by atoms with Crippen LogP contribution in [-0.4, -0.2) is 31.1 Å². The summed E-state index contributed by atoms with van der Waals surface area (Å²) in [5.41, 5.74) is 2.64. The Bertz CT molecular complexity index is 358. The largest absolute Gasteiger partial charge is 0.309 e. The second kappa shape index (κ2) is 5.99. The van der Waals surface area contributed by atoms with Crippen molar-refractivity contribution in [1.29, 1.82) is 0 Å². The summed E-state index contributed by atoms with van der Waals surface area (Å²) in [6.45, 7) is 10.5. The highest BCUT2D eigenvalue weighted by atomic mass is 15.2. The zero-order valence-electron chi connectivity index (χ0n) is 10.7. The maximum atomic E-state index is 4.02. The molecule has 1 heterocycles. The Morgan fingerprint density at radius 3 is 2.88 bits per heavy atom. The first-order chi connectivity index (χ1) is 8.25. The van der Waals surface area contributed by atoms with Crippen LogP contribution in [-0.2, 0) is 0 Å². The molecular formula is C15H22N2. The monoisotopic (exact) mass is 230 g/mol. The van der Waals surface area contributed by atoms with Gasteiger partial charge in [-0.15, -0.1) is 0 Å². The van der Waals surface area contributed by atoms with Crippen molar-refractivity contribution >= 4 is 0 Å². The molecule has 2 nitrogen and oxygen atoms in total. The molecule has 92 valence electrons. The van der Waals surface area contributed by atoms with Crippen molar-refractivity contribution in [2.75, 3.05) is 26.2 Å². The lowest BCUT2D eigenvalue weighted by Crippen LogP contribution is -2.32. The summed E-state index contributed by atoms with van der Waals surface area (Å²) in [6.07, 6.45) is 1.22. The van der Waals surface area contributed by atoms with E-state index in [4.69, 9.17) is 0 Å². The molecule has 0 bridgehead atoms. The summed E-state index contributed by atoms with van der Waals surface area (Å²) >= 11 is 0. The lowest BCUT2D eigenvalue weighted by Gasteiger charge is -2.24. The number of nitrogens with one attached hydrogen (secondary N) is 1. The number of hydrogen-bond acceptors (Lipinski definition) is 2. The summed E-state index contributed by atoms with van der Waals surface area (Å²) in [5.74, 6) is 0. The highest BCUT2D eigenvalue weighted by Gasteiger charge is 2.18. The van der Waals surface area contributed by atoms with Crippen LogP contribution in [0.1, 0.15) is 24.9 Å². The molecule has 0 spiro atoms. The van der Waals surface area contributed by atoms with Crippen molar-refractivity contribution in [2.45, 2.75) is 19.4 Å². The smallest absolute Gasteiger partial charge is 0.0449 e. The second-order valence-electron chi connectivity index (χ2n) is 4.96. The molecule has 1 unspecified atom stereocenters. The zero-order chi connectivity index (χ0) is 12.1. The molecule has 1 N–H and O–H groups in total. The minimum Gasteiger partial charge on any atom is -0.309 e. The third-order valence-corrected chi connectivity index (χ3v) is 3.18. The Morgan fingerprint density at radius 1 is 1.41 bits per heavy atom. The van der Waals surface area contributed by atoms with Crippen LogP contribution < -0.4 is 5.32 Å². The molecule has 0 saturated carbocycles. The van der Waals surface area contributed by atoms with E-state index >= 15 is 0 Å². The van der Waals surface area contributed by atoms with E-state index in [2.05, 4.69) is 54.1 Å². The molecule has 1 aromatic rings. The van der Waals surface area contributed by atoms with Gasteiger partial charge in [0, 0.05) is 19.1 Å². The first-order valence-electron chi connectivity index (χ1n) is 6.41. The molecule has 0 aliphatic carbocycles. The molecule has 0 radical (unpaired) electrons. The van der Waals surface area contributed by atoms with Crippen LogP contribution in [0.2, 0.25) is 0 Å². The lowest BCUT2D eigenvalue weighted by atomic mass is 10.1. The van der Waals surface area contributed by atoms with Crippen LogP contribution in [0.25, 0.3) is 0 Å². The molecule has 2 rings (SSSR count). The van der Waals surface area contributed by atoms with E-state index in [-0.39, 0.29) is 0 Å². The Labute approximate surface area is 104 Å². The highest BCUT2D eigenvalue weighted by Crippen LogP contribution is 2.17. The molecule has 17 heavy (non-hydrogen) atoms. The second-order valence-corrected chi connectivity index (χ2v) is 4.96. The van der Waals surface area contributed by atoms with E-state index < -0.39 is 0 Å². The van der Waals surface area contributed by atoms with E-state index in [1.54, 1.807) is 0 Å². The van der Waals surface area contributed by atoms with Crippen LogP contribution in [0.4, 0.5) is 0 Å². The minimum atomic E-state index is 0.457. The fraction of sp³-hybridized carbons (Fsp3) is 0.467. The first-order valence-corrected chi connectivity index (χ1v) is 6.41. The van der Waals surface area contributed by atoms with Crippen LogP contribution in [0.5, 0.6) is 0 Å². The van der Waals surface area contributed by atoms with Crippen molar-refractivity contribution in [3.63, 3.8) is 0 Å². The van der Waals surface area contributed by atoms with Gasteiger partial charge >= 0.3 is 0 Å². The fourth-order valence-corrected chi connectivity index (χ4v) is 2.43. The third kappa shape index (κ3) is 3.69. The SMILES string of the molecule is C=C(C)CN1CCCNC(c2ccccc2)C1. The van der Waals surface area contributed by atoms with Crippen molar-refractivity contribution in [1.82, 2.24) is 10.2 Å². The first kappa shape index (κ1) is 12.3. The molecule has 1 aliphatic rings. The van der Waals surface area contributed by atoms with Crippen molar-refractivity contribution in [3.05, 3.63) is 48.0 Å². The van der Waals surface area contributed by atoms with Gasteiger partial charge in [-0.05, 0) is 32.0 Å². The van der Waals surface area contributed by atoms with Gasteiger partial charge in [-0.2, -0.15) is 0 Å². The van der Waals surface area contributed by atoms with Gasteiger partial charge < -0.3 is 5.32 Å². The molecule has 1 saturated heterocycles. The average molecular weight is 230 g/mol. The van der Waals surface area contributed by atoms with E-state index in [1.807, 2.05) is 0 Å². The van der Waals surface area contributed by atoms with Gasteiger partial charge in [0.15, 0.2) is 0 Å². The molecular weight excluding hydrogens is 208 g/mol. The number of benzene rings is 1. The summed E-state index contributed by atoms with van der Waals surface area (Å²) in [6, 6.07) is 11.2. The minimum absolute atomic E-state index is 0.457. The van der Waals surface area contributed by atoms with Crippen LogP contribution in [0.15, 0.2) is 42.5 Å². The van der Waals surface area contributed by atoms with Gasteiger partial charge in [-0.1, -0.05) is 42.5 Å². The van der Waals surface area contributed by atoms with Crippen LogP contribution in [0, 0.1) is 0 Å². The molecule has 2 heteroatoms. The molecule has 0 amide bonds. The number of nitrogens with zero attached hydrogens (tertiary/aromatic N) is 1. The van der Waals surface area contributed by atoms with E-state index in [1.165, 1.54) is 24.1 Å². The number of hydrogen-bond donors (Lipinski definition) is 1. The normalized spacial score (nSPS) is 22.1. The predicted molar refractivity (Wildman–Crippen MR) is 73.1 cm³/mol. The van der Waals surface area contributed by atoms with Gasteiger partial charge in [-0.25, -0.2) is 0 Å². The quantitative estimate of drug-likeness (QED) is 0.803. The van der Waals surface area contributed by atoms with Crippen molar-refractivity contribution in [2.24, 2.45) is 0 Å². The van der Waals surface area contributed by atoms with Gasteiger partial charge in [0.05, 0.1) is 0 Å². The van der Waals surface area contributed by atoms with Gasteiger partial charge in [0.1, 0.15) is 0 Å². The van der Waals surface area contributed by atoms with Gasteiger partial charge in [-0.3, -0.25) is 4.90 Å². The topological polar surface area (TPSA) is 15.3 Å². The third-order valence-electron chi connectivity index (χ3n) is 3.18. The van der Waals surface area contributed by atoms with Crippen molar-refractivity contribution < 1.29 is 0 Å². The zero-order valence-corrected chi connectivity index (χ0v) is 10.7. The van der Waals surface area contributed by atoms with Crippen molar-refractivity contribution in [3.8, 4) is 0 Å². The Hall–Kier alpha value is -1.12. The van der Waals surface area contributed by atoms with Gasteiger partial charge in [0.2, 0.25) is 0 Å². The summed E-state index contributed by atoms with van der Waals surface area (Å²) in [4.78, 5) is 2.50.